The minimum Gasteiger partial charge on any atom is -0.383 e. The molecule has 0 fully saturated rings. The Morgan fingerprint density at radius 1 is 1.26 bits per heavy atom. The number of carbonyl (C=O) groups is 1. The Bertz CT molecular complexity index is 963. The molecule has 6 nitrogen and oxygen atoms in total. The van der Waals surface area contributed by atoms with Gasteiger partial charge >= 0.3 is 6.18 Å². The molecule has 27 heavy (non-hydrogen) atoms. The van der Waals surface area contributed by atoms with Gasteiger partial charge in [0.2, 0.25) is 5.91 Å². The van der Waals surface area contributed by atoms with Crippen molar-refractivity contribution in [2.75, 3.05) is 11.1 Å². The van der Waals surface area contributed by atoms with E-state index in [4.69, 9.17) is 16.3 Å². The molecule has 1 atom stereocenters. The fraction of sp³-hybridized carbons (Fsp3) is 0.176. The first-order valence-corrected chi connectivity index (χ1v) is 8.29. The Hall–Kier alpha value is -3.24. The zero-order chi connectivity index (χ0) is 20.2. The van der Waals surface area contributed by atoms with Gasteiger partial charge in [0.15, 0.2) is 0 Å². The van der Waals surface area contributed by atoms with Crippen LogP contribution in [0.15, 0.2) is 35.4 Å². The average Bonchev–Trinajstić information content (AvgIpc) is 2.61. The Morgan fingerprint density at radius 2 is 1.89 bits per heavy atom. The molecular weight excluding hydrogens is 379 g/mol. The van der Waals surface area contributed by atoms with Crippen LogP contribution in [0.4, 0.5) is 24.7 Å². The molecular formula is C17H12F3N5OS. The van der Waals surface area contributed by atoms with Gasteiger partial charge in [0, 0.05) is 0 Å². The number of para-hydroxylation sites is 1. The van der Waals surface area contributed by atoms with E-state index in [-0.39, 0.29) is 27.7 Å². The molecule has 0 aliphatic heterocycles. The predicted molar refractivity (Wildman–Crippen MR) is 93.5 cm³/mol. The van der Waals surface area contributed by atoms with Gasteiger partial charge in [-0.15, -0.1) is 0 Å². The van der Waals surface area contributed by atoms with Crippen LogP contribution in [0.5, 0.6) is 0 Å². The second kappa shape index (κ2) is 7.98. The molecule has 0 bridgehead atoms. The first-order valence-electron chi connectivity index (χ1n) is 7.41. The van der Waals surface area contributed by atoms with E-state index in [2.05, 4.69) is 10.3 Å². The summed E-state index contributed by atoms with van der Waals surface area (Å²) in [5, 5.41) is 19.5. The summed E-state index contributed by atoms with van der Waals surface area (Å²) in [7, 11) is 0. The maximum absolute atomic E-state index is 13.0. The highest BCUT2D eigenvalue weighted by molar-refractivity contribution is 8.00. The summed E-state index contributed by atoms with van der Waals surface area (Å²) >= 11 is 0.853. The van der Waals surface area contributed by atoms with Crippen LogP contribution in [-0.4, -0.2) is 16.1 Å². The number of nitrogen functional groups attached to an aromatic ring is 1. The van der Waals surface area contributed by atoms with Gasteiger partial charge in [-0.25, -0.2) is 4.98 Å². The quantitative estimate of drug-likeness (QED) is 0.770. The molecule has 2 aromatic rings. The van der Waals surface area contributed by atoms with Crippen LogP contribution in [0.2, 0.25) is 0 Å². The second-order valence-electron chi connectivity index (χ2n) is 5.29. The van der Waals surface area contributed by atoms with Crippen molar-refractivity contribution < 1.29 is 18.0 Å². The van der Waals surface area contributed by atoms with Crippen LogP contribution in [0, 0.1) is 22.7 Å². The number of pyridine rings is 1. The third-order valence-corrected chi connectivity index (χ3v) is 4.51. The van der Waals surface area contributed by atoms with E-state index in [9.17, 15) is 18.0 Å². The van der Waals surface area contributed by atoms with Crippen LogP contribution < -0.4 is 11.1 Å². The van der Waals surface area contributed by atoms with E-state index in [1.165, 1.54) is 25.1 Å². The van der Waals surface area contributed by atoms with Gasteiger partial charge in [-0.3, -0.25) is 4.79 Å². The van der Waals surface area contributed by atoms with E-state index >= 15 is 0 Å². The molecule has 0 spiro atoms. The van der Waals surface area contributed by atoms with Gasteiger partial charge in [-0.1, -0.05) is 23.9 Å². The largest absolute Gasteiger partial charge is 0.418 e. The van der Waals surface area contributed by atoms with Crippen LogP contribution >= 0.6 is 11.8 Å². The Kier molecular flexibility index (Phi) is 5.93. The molecule has 10 heteroatoms. The number of thioether (sulfide) groups is 1. The third kappa shape index (κ3) is 4.68. The SMILES string of the molecule is CC(Sc1nc(N)c(C#N)cc1C#N)C(=O)Nc1ccccc1C(F)(F)F. The summed E-state index contributed by atoms with van der Waals surface area (Å²) in [5.41, 5.74) is 4.35. The van der Waals surface area contributed by atoms with Crippen molar-refractivity contribution >= 4 is 29.2 Å². The molecule has 1 unspecified atom stereocenters. The minimum atomic E-state index is -4.61. The van der Waals surface area contributed by atoms with E-state index in [1.54, 1.807) is 6.07 Å². The highest BCUT2D eigenvalue weighted by atomic mass is 32.2. The molecule has 3 N–H and O–H groups in total. The molecule has 1 amide bonds. The Labute approximate surface area is 156 Å². The monoisotopic (exact) mass is 391 g/mol. The van der Waals surface area contributed by atoms with Crippen molar-refractivity contribution in [2.45, 2.75) is 23.4 Å². The highest BCUT2D eigenvalue weighted by Gasteiger charge is 2.34. The molecule has 2 rings (SSSR count). The van der Waals surface area contributed by atoms with Gasteiger partial charge < -0.3 is 11.1 Å². The van der Waals surface area contributed by atoms with E-state index < -0.39 is 22.9 Å². The maximum atomic E-state index is 13.0. The third-order valence-electron chi connectivity index (χ3n) is 3.41. The molecule has 0 saturated carbocycles. The highest BCUT2D eigenvalue weighted by Crippen LogP contribution is 2.35. The minimum absolute atomic E-state index is 0.0205. The van der Waals surface area contributed by atoms with Gasteiger partial charge in [0.05, 0.1) is 27.6 Å². The van der Waals surface area contributed by atoms with Crippen molar-refractivity contribution in [1.29, 1.82) is 10.5 Å². The summed E-state index contributed by atoms with van der Waals surface area (Å²) in [6.07, 6.45) is -4.61. The fourth-order valence-corrected chi connectivity index (χ4v) is 2.95. The van der Waals surface area contributed by atoms with Crippen LogP contribution in [0.1, 0.15) is 23.6 Å². The number of hydrogen-bond acceptors (Lipinski definition) is 6. The molecule has 0 aliphatic rings. The van der Waals surface area contributed by atoms with Gasteiger partial charge in [0.1, 0.15) is 23.0 Å². The van der Waals surface area contributed by atoms with Crippen molar-refractivity contribution in [3.05, 3.63) is 47.0 Å². The van der Waals surface area contributed by atoms with Gasteiger partial charge in [-0.2, -0.15) is 23.7 Å². The van der Waals surface area contributed by atoms with Crippen LogP contribution in [-0.2, 0) is 11.0 Å². The Morgan fingerprint density at radius 3 is 2.48 bits per heavy atom. The van der Waals surface area contributed by atoms with Crippen molar-refractivity contribution in [1.82, 2.24) is 4.98 Å². The number of nitrogens with two attached hydrogens (primary N) is 1. The van der Waals surface area contributed by atoms with Crippen LogP contribution in [0.25, 0.3) is 0 Å². The number of amides is 1. The molecule has 1 heterocycles. The van der Waals surface area contributed by atoms with E-state index in [0.29, 0.717) is 0 Å². The standard InChI is InChI=1S/C17H12F3N5OS/c1-9(27-16-11(8-22)6-10(7-21)14(23)25-16)15(26)24-13-5-3-2-4-12(13)17(18,19)20/h2-6,9H,1H3,(H2,23,25)(H,24,26). The Balaban J connectivity index is 2.23. The number of benzene rings is 1. The molecule has 1 aromatic carbocycles. The summed E-state index contributed by atoms with van der Waals surface area (Å²) in [5.74, 6) is -0.806. The zero-order valence-corrected chi connectivity index (χ0v) is 14.6. The number of nitriles is 2. The normalized spacial score (nSPS) is 11.9. The first-order chi connectivity index (χ1) is 12.7. The van der Waals surface area contributed by atoms with Gasteiger partial charge in [-0.05, 0) is 25.1 Å². The van der Waals surface area contributed by atoms with Crippen molar-refractivity contribution in [2.24, 2.45) is 0 Å². The number of nitrogens with zero attached hydrogens (tertiary/aromatic N) is 3. The smallest absolute Gasteiger partial charge is 0.383 e. The number of aromatic nitrogens is 1. The van der Waals surface area contributed by atoms with Crippen LogP contribution in [0.3, 0.4) is 0 Å². The number of halogens is 3. The average molecular weight is 391 g/mol. The zero-order valence-electron chi connectivity index (χ0n) is 13.8. The second-order valence-corrected chi connectivity index (χ2v) is 6.62. The molecule has 0 aliphatic carbocycles. The number of hydrogen-bond donors (Lipinski definition) is 2. The fourth-order valence-electron chi connectivity index (χ4n) is 2.06. The first kappa shape index (κ1) is 20.1. The van der Waals surface area contributed by atoms with E-state index in [1.807, 2.05) is 6.07 Å². The summed E-state index contributed by atoms with van der Waals surface area (Å²) in [4.78, 5) is 16.2. The molecule has 0 saturated heterocycles. The van der Waals surface area contributed by atoms with Crippen molar-refractivity contribution in [3.63, 3.8) is 0 Å². The maximum Gasteiger partial charge on any atom is 0.418 e. The lowest BCUT2D eigenvalue weighted by molar-refractivity contribution is -0.137. The summed E-state index contributed by atoms with van der Waals surface area (Å²) < 4.78 is 39.1. The number of anilines is 2. The van der Waals surface area contributed by atoms with Gasteiger partial charge in [0.25, 0.3) is 0 Å². The number of rotatable bonds is 4. The predicted octanol–water partition coefficient (Wildman–Crippen LogP) is 3.55. The molecule has 0 radical (unpaired) electrons. The lowest BCUT2D eigenvalue weighted by Crippen LogP contribution is -2.24. The lowest BCUT2D eigenvalue weighted by atomic mass is 10.1. The summed E-state index contributed by atoms with van der Waals surface area (Å²) in [6.45, 7) is 1.45. The van der Waals surface area contributed by atoms with E-state index in [0.717, 1.165) is 23.9 Å². The van der Waals surface area contributed by atoms with Crippen molar-refractivity contribution in [3.8, 4) is 12.1 Å². The molecule has 1 aromatic heterocycles. The molecule has 138 valence electrons. The summed E-state index contributed by atoms with van der Waals surface area (Å²) in [6, 6.07) is 9.50. The number of alkyl halides is 3. The number of carbonyl (C=O) groups excluding carboxylic acids is 1. The number of nitrogens with one attached hydrogen (secondary N) is 1. The topological polar surface area (TPSA) is 116 Å². The lowest BCUT2D eigenvalue weighted by Gasteiger charge is -2.16.